The standard InChI is InChI=1S/C9H16N4O/c1-7-5-13(3-2-11-7)6-8-4-12-9(10)14-8/h4,7,11H,2-3,5-6H2,1H3,(H2,10,12). The van der Waals surface area contributed by atoms with Gasteiger partial charge in [0.05, 0.1) is 12.7 Å². The van der Waals surface area contributed by atoms with Crippen molar-refractivity contribution in [3.8, 4) is 0 Å². The Morgan fingerprint density at radius 3 is 3.29 bits per heavy atom. The Bertz CT molecular complexity index is 299. The van der Waals surface area contributed by atoms with E-state index in [1.165, 1.54) is 0 Å². The highest BCUT2D eigenvalue weighted by molar-refractivity contribution is 5.10. The Morgan fingerprint density at radius 1 is 1.79 bits per heavy atom. The first-order valence-corrected chi connectivity index (χ1v) is 4.90. The number of hydrogen-bond donors (Lipinski definition) is 2. The normalized spacial score (nSPS) is 23.9. The molecule has 1 aliphatic rings. The quantitative estimate of drug-likeness (QED) is 0.699. The van der Waals surface area contributed by atoms with Crippen LogP contribution in [0.25, 0.3) is 0 Å². The maximum atomic E-state index is 5.40. The molecule has 0 spiro atoms. The van der Waals surface area contributed by atoms with Gasteiger partial charge in [0, 0.05) is 25.7 Å². The molecular weight excluding hydrogens is 180 g/mol. The van der Waals surface area contributed by atoms with E-state index in [9.17, 15) is 0 Å². The van der Waals surface area contributed by atoms with E-state index in [-0.39, 0.29) is 6.01 Å². The molecule has 2 heterocycles. The molecule has 14 heavy (non-hydrogen) atoms. The fourth-order valence-electron chi connectivity index (χ4n) is 1.77. The lowest BCUT2D eigenvalue weighted by Crippen LogP contribution is -2.48. The van der Waals surface area contributed by atoms with E-state index < -0.39 is 0 Å². The Labute approximate surface area is 83.3 Å². The molecule has 1 fully saturated rings. The van der Waals surface area contributed by atoms with Gasteiger partial charge in [0.2, 0.25) is 0 Å². The largest absolute Gasteiger partial charge is 0.428 e. The Kier molecular flexibility index (Phi) is 2.69. The second-order valence-corrected chi connectivity index (χ2v) is 3.76. The first-order chi connectivity index (χ1) is 6.74. The summed E-state index contributed by atoms with van der Waals surface area (Å²) < 4.78 is 5.23. The summed E-state index contributed by atoms with van der Waals surface area (Å²) in [6.07, 6.45) is 1.70. The molecule has 1 unspecified atom stereocenters. The SMILES string of the molecule is CC1CN(Cc2cnc(N)o2)CCN1. The molecule has 1 aromatic rings. The summed E-state index contributed by atoms with van der Waals surface area (Å²) >= 11 is 0. The summed E-state index contributed by atoms with van der Waals surface area (Å²) in [5.74, 6) is 0.844. The van der Waals surface area contributed by atoms with Crippen molar-refractivity contribution in [3.63, 3.8) is 0 Å². The van der Waals surface area contributed by atoms with Gasteiger partial charge in [-0.25, -0.2) is 4.98 Å². The van der Waals surface area contributed by atoms with Crippen molar-refractivity contribution in [2.75, 3.05) is 25.4 Å². The van der Waals surface area contributed by atoms with Crippen LogP contribution in [-0.2, 0) is 6.54 Å². The Balaban J connectivity index is 1.90. The third-order valence-electron chi connectivity index (χ3n) is 2.40. The van der Waals surface area contributed by atoms with Crippen molar-refractivity contribution in [1.82, 2.24) is 15.2 Å². The molecule has 0 saturated carbocycles. The summed E-state index contributed by atoms with van der Waals surface area (Å²) in [7, 11) is 0. The van der Waals surface area contributed by atoms with E-state index in [0.717, 1.165) is 31.9 Å². The number of nitrogens with zero attached hydrogens (tertiary/aromatic N) is 2. The van der Waals surface area contributed by atoms with Crippen LogP contribution < -0.4 is 11.1 Å². The molecule has 2 rings (SSSR count). The molecule has 3 N–H and O–H groups in total. The van der Waals surface area contributed by atoms with Gasteiger partial charge in [0.1, 0.15) is 5.76 Å². The molecule has 0 aliphatic carbocycles. The first-order valence-electron chi connectivity index (χ1n) is 4.90. The van der Waals surface area contributed by atoms with E-state index in [4.69, 9.17) is 10.2 Å². The van der Waals surface area contributed by atoms with Crippen molar-refractivity contribution in [1.29, 1.82) is 0 Å². The van der Waals surface area contributed by atoms with Crippen molar-refractivity contribution in [2.24, 2.45) is 0 Å². The number of piperazine rings is 1. The second kappa shape index (κ2) is 3.98. The zero-order chi connectivity index (χ0) is 9.97. The molecule has 78 valence electrons. The lowest BCUT2D eigenvalue weighted by atomic mass is 10.2. The van der Waals surface area contributed by atoms with Gasteiger partial charge < -0.3 is 15.5 Å². The van der Waals surface area contributed by atoms with Gasteiger partial charge in [-0.05, 0) is 6.92 Å². The number of hydrogen-bond acceptors (Lipinski definition) is 5. The second-order valence-electron chi connectivity index (χ2n) is 3.76. The van der Waals surface area contributed by atoms with E-state index >= 15 is 0 Å². The summed E-state index contributed by atoms with van der Waals surface area (Å²) in [5.41, 5.74) is 5.40. The molecule has 1 aromatic heterocycles. The molecule has 0 radical (unpaired) electrons. The van der Waals surface area contributed by atoms with Crippen LogP contribution in [0.4, 0.5) is 6.01 Å². The highest BCUT2D eigenvalue weighted by Gasteiger charge is 2.16. The number of rotatable bonds is 2. The highest BCUT2D eigenvalue weighted by atomic mass is 16.4. The number of nitrogen functional groups attached to an aromatic ring is 1. The van der Waals surface area contributed by atoms with Crippen LogP contribution in [-0.4, -0.2) is 35.6 Å². The molecule has 1 atom stereocenters. The van der Waals surface area contributed by atoms with E-state index in [1.807, 2.05) is 0 Å². The molecule has 5 nitrogen and oxygen atoms in total. The fraction of sp³-hybridized carbons (Fsp3) is 0.667. The minimum atomic E-state index is 0.253. The molecule has 0 aromatic carbocycles. The van der Waals surface area contributed by atoms with E-state index in [0.29, 0.717) is 6.04 Å². The monoisotopic (exact) mass is 196 g/mol. The maximum absolute atomic E-state index is 5.40. The van der Waals surface area contributed by atoms with Crippen LogP contribution in [0.3, 0.4) is 0 Å². The van der Waals surface area contributed by atoms with E-state index in [2.05, 4.69) is 22.1 Å². The number of nitrogens with one attached hydrogen (secondary N) is 1. The minimum Gasteiger partial charge on any atom is -0.428 e. The lowest BCUT2D eigenvalue weighted by Gasteiger charge is -2.30. The van der Waals surface area contributed by atoms with Crippen LogP contribution >= 0.6 is 0 Å². The van der Waals surface area contributed by atoms with Gasteiger partial charge in [0.15, 0.2) is 0 Å². The summed E-state index contributed by atoms with van der Waals surface area (Å²) in [5, 5.41) is 3.39. The van der Waals surface area contributed by atoms with Crippen LogP contribution in [0.1, 0.15) is 12.7 Å². The zero-order valence-electron chi connectivity index (χ0n) is 8.36. The van der Waals surface area contributed by atoms with Crippen molar-refractivity contribution in [2.45, 2.75) is 19.5 Å². The van der Waals surface area contributed by atoms with Gasteiger partial charge in [0.25, 0.3) is 6.01 Å². The molecule has 5 heteroatoms. The Morgan fingerprint density at radius 2 is 2.64 bits per heavy atom. The molecule has 0 amide bonds. The average molecular weight is 196 g/mol. The molecule has 1 aliphatic heterocycles. The molecule has 1 saturated heterocycles. The highest BCUT2D eigenvalue weighted by Crippen LogP contribution is 2.09. The number of nitrogens with two attached hydrogens (primary N) is 1. The average Bonchev–Trinajstić information content (AvgIpc) is 2.51. The van der Waals surface area contributed by atoms with Crippen LogP contribution in [0.15, 0.2) is 10.6 Å². The lowest BCUT2D eigenvalue weighted by molar-refractivity contribution is 0.187. The van der Waals surface area contributed by atoms with Crippen molar-refractivity contribution < 1.29 is 4.42 Å². The number of aromatic nitrogens is 1. The van der Waals surface area contributed by atoms with Crippen molar-refractivity contribution in [3.05, 3.63) is 12.0 Å². The maximum Gasteiger partial charge on any atom is 0.292 e. The third kappa shape index (κ3) is 2.24. The van der Waals surface area contributed by atoms with Crippen LogP contribution in [0.2, 0.25) is 0 Å². The number of oxazole rings is 1. The van der Waals surface area contributed by atoms with Crippen molar-refractivity contribution >= 4 is 6.01 Å². The van der Waals surface area contributed by atoms with Gasteiger partial charge in [-0.3, -0.25) is 4.90 Å². The topological polar surface area (TPSA) is 67.3 Å². The van der Waals surface area contributed by atoms with Gasteiger partial charge in [-0.2, -0.15) is 0 Å². The third-order valence-corrected chi connectivity index (χ3v) is 2.40. The van der Waals surface area contributed by atoms with Crippen LogP contribution in [0, 0.1) is 0 Å². The number of anilines is 1. The zero-order valence-corrected chi connectivity index (χ0v) is 8.36. The fourth-order valence-corrected chi connectivity index (χ4v) is 1.77. The first kappa shape index (κ1) is 9.48. The molecule has 0 bridgehead atoms. The van der Waals surface area contributed by atoms with Gasteiger partial charge >= 0.3 is 0 Å². The summed E-state index contributed by atoms with van der Waals surface area (Å²) in [6, 6.07) is 0.798. The predicted octanol–water partition coefficient (Wildman–Crippen LogP) is 0.0505. The molecular formula is C9H16N4O. The van der Waals surface area contributed by atoms with Gasteiger partial charge in [-0.1, -0.05) is 0 Å². The summed E-state index contributed by atoms with van der Waals surface area (Å²) in [4.78, 5) is 6.20. The Hall–Kier alpha value is -1.07. The minimum absolute atomic E-state index is 0.253. The summed E-state index contributed by atoms with van der Waals surface area (Å²) in [6.45, 7) is 6.10. The van der Waals surface area contributed by atoms with Crippen LogP contribution in [0.5, 0.6) is 0 Å². The van der Waals surface area contributed by atoms with Gasteiger partial charge in [-0.15, -0.1) is 0 Å². The predicted molar refractivity (Wildman–Crippen MR) is 53.7 cm³/mol. The van der Waals surface area contributed by atoms with E-state index in [1.54, 1.807) is 6.20 Å². The smallest absolute Gasteiger partial charge is 0.292 e.